The van der Waals surface area contributed by atoms with Crippen molar-refractivity contribution in [2.24, 2.45) is 0 Å². The van der Waals surface area contributed by atoms with Gasteiger partial charge in [-0.2, -0.15) is 0 Å². The summed E-state index contributed by atoms with van der Waals surface area (Å²) in [6.07, 6.45) is 18.6. The van der Waals surface area contributed by atoms with Crippen molar-refractivity contribution in [3.8, 4) is 0 Å². The Morgan fingerprint density at radius 3 is 1.36 bits per heavy atom. The lowest BCUT2D eigenvalue weighted by Gasteiger charge is -2.11. The number of ketones is 1. The molecule has 0 saturated carbocycles. The molecule has 5 heteroatoms. The Morgan fingerprint density at radius 1 is 0.679 bits per heavy atom. The maximum atomic E-state index is 11.7. The van der Waals surface area contributed by atoms with Crippen molar-refractivity contribution in [3.63, 3.8) is 0 Å². The van der Waals surface area contributed by atoms with E-state index in [0.29, 0.717) is 18.6 Å². The summed E-state index contributed by atoms with van der Waals surface area (Å²) in [5.41, 5.74) is 0. The van der Waals surface area contributed by atoms with E-state index in [1.807, 2.05) is 0 Å². The molecular formula is C23H43NO4. The largest absolute Gasteiger partial charge is 0.480 e. The number of rotatable bonds is 20. The molecule has 1 atom stereocenters. The first-order chi connectivity index (χ1) is 13.5. The highest BCUT2D eigenvalue weighted by atomic mass is 16.4. The molecule has 1 amide bonds. The van der Waals surface area contributed by atoms with Gasteiger partial charge in [0, 0.05) is 12.8 Å². The zero-order valence-corrected chi connectivity index (χ0v) is 18.3. The van der Waals surface area contributed by atoms with Gasteiger partial charge in [0.15, 0.2) is 0 Å². The van der Waals surface area contributed by atoms with Crippen LogP contribution in [0.2, 0.25) is 0 Å². The van der Waals surface area contributed by atoms with Gasteiger partial charge in [0.25, 0.3) is 0 Å². The minimum atomic E-state index is -0.958. The number of carbonyl (C=O) groups excluding carboxylic acids is 2. The van der Waals surface area contributed by atoms with E-state index in [4.69, 9.17) is 5.11 Å². The van der Waals surface area contributed by atoms with E-state index >= 15 is 0 Å². The lowest BCUT2D eigenvalue weighted by atomic mass is 10.0. The smallest absolute Gasteiger partial charge is 0.326 e. The number of carboxylic acid groups (broad SMARTS) is 1. The van der Waals surface area contributed by atoms with Crippen LogP contribution in [0.4, 0.5) is 0 Å². The van der Waals surface area contributed by atoms with Crippen molar-refractivity contribution in [1.82, 2.24) is 5.32 Å². The molecule has 0 aliphatic rings. The first-order valence-electron chi connectivity index (χ1n) is 11.5. The molecule has 0 bridgehead atoms. The topological polar surface area (TPSA) is 83.5 Å². The van der Waals surface area contributed by atoms with Gasteiger partial charge in [-0.15, -0.1) is 0 Å². The van der Waals surface area contributed by atoms with Gasteiger partial charge < -0.3 is 15.2 Å². The summed E-state index contributed by atoms with van der Waals surface area (Å²) in [7, 11) is 0. The average Bonchev–Trinajstić information content (AvgIpc) is 2.65. The molecule has 0 rings (SSSR count). The Balaban J connectivity index is 3.26. The number of Topliss-reactive ketones (excluding diaryl/α,β-unsaturated/α-hetero) is 1. The molecule has 0 aromatic carbocycles. The maximum Gasteiger partial charge on any atom is 0.326 e. The van der Waals surface area contributed by atoms with Crippen molar-refractivity contribution in [3.05, 3.63) is 0 Å². The fraction of sp³-hybridized carbons (Fsp3) is 0.870. The third-order valence-corrected chi connectivity index (χ3v) is 5.22. The molecule has 164 valence electrons. The predicted molar refractivity (Wildman–Crippen MR) is 114 cm³/mol. The van der Waals surface area contributed by atoms with E-state index in [0.717, 1.165) is 32.1 Å². The minimum absolute atomic E-state index is 0.145. The number of amides is 1. The Hall–Kier alpha value is -1.39. The van der Waals surface area contributed by atoms with Crippen LogP contribution in [0.3, 0.4) is 0 Å². The quantitative estimate of drug-likeness (QED) is 0.254. The van der Waals surface area contributed by atoms with Gasteiger partial charge in [0.05, 0.1) is 0 Å². The Morgan fingerprint density at radius 2 is 1.04 bits per heavy atom. The molecule has 0 spiro atoms. The third-order valence-electron chi connectivity index (χ3n) is 5.22. The van der Waals surface area contributed by atoms with Crippen LogP contribution in [0.5, 0.6) is 0 Å². The maximum absolute atomic E-state index is 11.7. The van der Waals surface area contributed by atoms with Gasteiger partial charge in [-0.1, -0.05) is 84.0 Å². The predicted octanol–water partition coefficient (Wildman–Crippen LogP) is 5.80. The molecule has 0 aliphatic carbocycles. The van der Waals surface area contributed by atoms with E-state index < -0.39 is 12.0 Å². The monoisotopic (exact) mass is 397 g/mol. The number of unbranched alkanes of at least 4 members (excludes halogenated alkanes) is 13. The van der Waals surface area contributed by atoms with Crippen LogP contribution in [0.15, 0.2) is 0 Å². The molecule has 0 aromatic rings. The summed E-state index contributed by atoms with van der Waals surface area (Å²) >= 11 is 0. The van der Waals surface area contributed by atoms with Gasteiger partial charge in [-0.3, -0.25) is 4.79 Å². The summed E-state index contributed by atoms with van der Waals surface area (Å²) in [5.74, 6) is -0.792. The number of hydrogen-bond donors (Lipinski definition) is 2. The normalized spacial score (nSPS) is 11.9. The molecule has 0 fully saturated rings. The average molecular weight is 398 g/mol. The lowest BCUT2D eigenvalue weighted by Crippen LogP contribution is -2.40. The van der Waals surface area contributed by atoms with Crippen LogP contribution in [-0.4, -0.2) is 28.8 Å². The first kappa shape index (κ1) is 26.6. The second-order valence-corrected chi connectivity index (χ2v) is 8.02. The van der Waals surface area contributed by atoms with E-state index in [1.165, 1.54) is 64.2 Å². The molecule has 28 heavy (non-hydrogen) atoms. The highest BCUT2D eigenvalue weighted by molar-refractivity contribution is 5.83. The van der Waals surface area contributed by atoms with Crippen molar-refractivity contribution in [1.29, 1.82) is 0 Å². The number of hydrogen-bond acceptors (Lipinski definition) is 3. The van der Waals surface area contributed by atoms with Gasteiger partial charge in [0.2, 0.25) is 5.91 Å². The fourth-order valence-electron chi connectivity index (χ4n) is 3.39. The SMILES string of the molecule is CC[C@H](NC(=O)CCCCCCCCCCCCCCCCC(C)=O)C(=O)O. The zero-order valence-electron chi connectivity index (χ0n) is 18.3. The summed E-state index contributed by atoms with van der Waals surface area (Å²) in [4.78, 5) is 33.4. The van der Waals surface area contributed by atoms with Crippen LogP contribution in [-0.2, 0) is 14.4 Å². The number of nitrogens with one attached hydrogen (secondary N) is 1. The van der Waals surface area contributed by atoms with Gasteiger partial charge in [-0.25, -0.2) is 4.79 Å². The second kappa shape index (κ2) is 18.9. The molecule has 5 nitrogen and oxygen atoms in total. The highest BCUT2D eigenvalue weighted by Gasteiger charge is 2.16. The fourth-order valence-corrected chi connectivity index (χ4v) is 3.39. The molecule has 0 aromatic heterocycles. The first-order valence-corrected chi connectivity index (χ1v) is 11.5. The van der Waals surface area contributed by atoms with Crippen molar-refractivity contribution in [2.45, 2.75) is 129 Å². The third kappa shape index (κ3) is 18.0. The van der Waals surface area contributed by atoms with Crippen molar-refractivity contribution < 1.29 is 19.5 Å². The van der Waals surface area contributed by atoms with Crippen molar-refractivity contribution in [2.75, 3.05) is 0 Å². The molecule has 0 aliphatic heterocycles. The van der Waals surface area contributed by atoms with E-state index in [1.54, 1.807) is 13.8 Å². The summed E-state index contributed by atoms with van der Waals surface area (Å²) in [5, 5.41) is 11.5. The molecule has 0 heterocycles. The Kier molecular flexibility index (Phi) is 18.0. The van der Waals surface area contributed by atoms with E-state index in [9.17, 15) is 14.4 Å². The Bertz CT molecular complexity index is 423. The van der Waals surface area contributed by atoms with Crippen LogP contribution in [0, 0.1) is 0 Å². The zero-order chi connectivity index (χ0) is 21.0. The highest BCUT2D eigenvalue weighted by Crippen LogP contribution is 2.13. The summed E-state index contributed by atoms with van der Waals surface area (Å²) < 4.78 is 0. The summed E-state index contributed by atoms with van der Waals surface area (Å²) in [6.45, 7) is 3.43. The Labute approximate surface area is 172 Å². The summed E-state index contributed by atoms with van der Waals surface area (Å²) in [6, 6.07) is -0.751. The van der Waals surface area contributed by atoms with Crippen molar-refractivity contribution >= 4 is 17.7 Å². The number of aliphatic carboxylic acids is 1. The van der Waals surface area contributed by atoms with E-state index in [-0.39, 0.29) is 5.91 Å². The molecular weight excluding hydrogens is 354 g/mol. The lowest BCUT2D eigenvalue weighted by molar-refractivity contribution is -0.141. The van der Waals surface area contributed by atoms with Gasteiger partial charge >= 0.3 is 5.97 Å². The van der Waals surface area contributed by atoms with Crippen LogP contribution >= 0.6 is 0 Å². The van der Waals surface area contributed by atoms with Crippen LogP contribution in [0.1, 0.15) is 123 Å². The standard InChI is InChI=1S/C23H43NO4/c1-3-21(23(27)28)24-22(26)19-17-15-13-11-9-7-5-4-6-8-10-12-14-16-18-20(2)25/h21H,3-19H2,1-2H3,(H,24,26)(H,27,28)/t21-/m0/s1. The molecule has 0 unspecified atom stereocenters. The van der Waals surface area contributed by atoms with Crippen LogP contribution < -0.4 is 5.32 Å². The van der Waals surface area contributed by atoms with E-state index in [2.05, 4.69) is 5.32 Å². The van der Waals surface area contributed by atoms with Crippen LogP contribution in [0.25, 0.3) is 0 Å². The second-order valence-electron chi connectivity index (χ2n) is 8.02. The van der Waals surface area contributed by atoms with Gasteiger partial charge in [0.1, 0.15) is 11.8 Å². The van der Waals surface area contributed by atoms with Gasteiger partial charge in [-0.05, 0) is 26.2 Å². The number of carbonyl (C=O) groups is 3. The molecule has 2 N–H and O–H groups in total. The molecule has 0 radical (unpaired) electrons. The number of carboxylic acids is 1. The molecule has 0 saturated heterocycles. The minimum Gasteiger partial charge on any atom is -0.480 e.